The number of hydrogen-bond donors (Lipinski definition) is 2. The van der Waals surface area contributed by atoms with E-state index in [0.717, 1.165) is 12.8 Å². The van der Waals surface area contributed by atoms with Crippen molar-refractivity contribution in [2.45, 2.75) is 43.6 Å². The van der Waals surface area contributed by atoms with Crippen LogP contribution in [0.1, 0.15) is 26.7 Å². The molecule has 2 rings (SSSR count). The van der Waals surface area contributed by atoms with E-state index < -0.39 is 5.25 Å². The molecule has 2 N–H and O–H groups in total. The smallest absolute Gasteiger partial charge is 0.310 e. The van der Waals surface area contributed by atoms with Crippen LogP contribution in [-0.4, -0.2) is 30.9 Å². The Balaban J connectivity index is 2.01. The molecule has 0 aromatic carbocycles. The van der Waals surface area contributed by atoms with E-state index in [1.165, 1.54) is 18.0 Å². The van der Waals surface area contributed by atoms with Gasteiger partial charge in [-0.2, -0.15) is 0 Å². The first kappa shape index (κ1) is 17.6. The Morgan fingerprint density at radius 2 is 2.30 bits per heavy atom. The van der Waals surface area contributed by atoms with Crippen LogP contribution in [0.15, 0.2) is 28.3 Å². The first-order chi connectivity index (χ1) is 11.0. The Hall–Kier alpha value is -1.80. The lowest BCUT2D eigenvalue weighted by Crippen LogP contribution is -2.24. The van der Waals surface area contributed by atoms with Gasteiger partial charge in [-0.25, -0.2) is 14.9 Å². The molecule has 2 aromatic heterocycles. The number of carbonyl (C=O) groups is 1. The molecular weight excluding hydrogens is 338 g/mol. The number of H-pyrrole nitrogens is 1. The lowest BCUT2D eigenvalue weighted by Gasteiger charge is -2.11. The highest BCUT2D eigenvalue weighted by molar-refractivity contribution is 8.00. The summed E-state index contributed by atoms with van der Waals surface area (Å²) in [6.07, 6.45) is 3.31. The van der Waals surface area contributed by atoms with Gasteiger partial charge in [0.2, 0.25) is 5.91 Å². The molecule has 0 radical (unpaired) electrons. The quantitative estimate of drug-likeness (QED) is 0.744. The second-order valence-electron chi connectivity index (χ2n) is 4.93. The van der Waals surface area contributed by atoms with E-state index in [1.54, 1.807) is 23.6 Å². The zero-order chi connectivity index (χ0) is 16.8. The average Bonchev–Trinajstić information content (AvgIpc) is 2.87. The zero-order valence-corrected chi connectivity index (χ0v) is 14.4. The number of thioether (sulfide) groups is 1. The standard InChI is InChI=1S/C14H18ClN5O2S/c1-3-4-7-20-13(22)18-19-14(20)23-9(2)12(21)17-11-6-5-10(15)8-16-11/h5-6,8-9H,3-4,7H2,1-2H3,(H,18,22)(H,16,17,21). The van der Waals surface area contributed by atoms with Gasteiger partial charge in [-0.3, -0.25) is 9.36 Å². The van der Waals surface area contributed by atoms with Crippen molar-refractivity contribution in [1.29, 1.82) is 0 Å². The van der Waals surface area contributed by atoms with Crippen LogP contribution in [0.25, 0.3) is 0 Å². The summed E-state index contributed by atoms with van der Waals surface area (Å²) in [5.41, 5.74) is -0.257. The number of anilines is 1. The van der Waals surface area contributed by atoms with Crippen molar-refractivity contribution in [3.05, 3.63) is 33.8 Å². The van der Waals surface area contributed by atoms with Crippen molar-refractivity contribution in [3.8, 4) is 0 Å². The number of aromatic amines is 1. The van der Waals surface area contributed by atoms with Crippen LogP contribution < -0.4 is 11.0 Å². The Labute approximate surface area is 142 Å². The minimum Gasteiger partial charge on any atom is -0.310 e. The average molecular weight is 356 g/mol. The number of nitrogens with zero attached hydrogens (tertiary/aromatic N) is 3. The summed E-state index contributed by atoms with van der Waals surface area (Å²) in [5.74, 6) is 0.208. The van der Waals surface area contributed by atoms with Crippen molar-refractivity contribution in [2.75, 3.05) is 5.32 Å². The third kappa shape index (κ3) is 4.84. The van der Waals surface area contributed by atoms with Gasteiger partial charge in [-0.15, -0.1) is 5.10 Å². The van der Waals surface area contributed by atoms with Crippen LogP contribution in [0, 0.1) is 0 Å². The Morgan fingerprint density at radius 3 is 2.96 bits per heavy atom. The third-order valence-corrected chi connectivity index (χ3v) is 4.40. The fourth-order valence-corrected chi connectivity index (χ4v) is 2.79. The van der Waals surface area contributed by atoms with Crippen molar-refractivity contribution in [1.82, 2.24) is 19.7 Å². The fourth-order valence-electron chi connectivity index (χ4n) is 1.80. The maximum atomic E-state index is 12.2. The van der Waals surface area contributed by atoms with Crippen LogP contribution in [0.3, 0.4) is 0 Å². The van der Waals surface area contributed by atoms with Crippen LogP contribution in [0.4, 0.5) is 5.82 Å². The number of rotatable bonds is 7. The summed E-state index contributed by atoms with van der Waals surface area (Å²) >= 11 is 6.98. The molecular formula is C14H18ClN5O2S. The van der Waals surface area contributed by atoms with Gasteiger partial charge in [0.15, 0.2) is 5.16 Å². The van der Waals surface area contributed by atoms with Gasteiger partial charge in [-0.1, -0.05) is 36.7 Å². The number of pyridine rings is 1. The predicted molar refractivity (Wildman–Crippen MR) is 91.0 cm³/mol. The largest absolute Gasteiger partial charge is 0.343 e. The fraction of sp³-hybridized carbons (Fsp3) is 0.429. The maximum Gasteiger partial charge on any atom is 0.343 e. The zero-order valence-electron chi connectivity index (χ0n) is 12.9. The summed E-state index contributed by atoms with van der Waals surface area (Å²) in [6, 6.07) is 3.28. The number of hydrogen-bond acceptors (Lipinski definition) is 5. The first-order valence-corrected chi connectivity index (χ1v) is 8.51. The van der Waals surface area contributed by atoms with Crippen molar-refractivity contribution in [2.24, 2.45) is 0 Å². The van der Waals surface area contributed by atoms with Crippen molar-refractivity contribution < 1.29 is 4.79 Å². The van der Waals surface area contributed by atoms with E-state index in [4.69, 9.17) is 11.6 Å². The molecule has 2 heterocycles. The lowest BCUT2D eigenvalue weighted by atomic mass is 10.3. The number of aromatic nitrogens is 4. The molecule has 1 atom stereocenters. The summed E-state index contributed by atoms with van der Waals surface area (Å²) in [7, 11) is 0. The van der Waals surface area contributed by atoms with Crippen molar-refractivity contribution >= 4 is 35.1 Å². The Morgan fingerprint density at radius 1 is 1.52 bits per heavy atom. The molecule has 0 bridgehead atoms. The normalized spacial score (nSPS) is 12.1. The van der Waals surface area contributed by atoms with E-state index in [1.807, 2.05) is 6.92 Å². The highest BCUT2D eigenvalue weighted by Crippen LogP contribution is 2.21. The SMILES string of the molecule is CCCCn1c(SC(C)C(=O)Nc2ccc(Cl)cn2)n[nH]c1=O. The summed E-state index contributed by atoms with van der Waals surface area (Å²) < 4.78 is 1.55. The summed E-state index contributed by atoms with van der Waals surface area (Å²) in [4.78, 5) is 28.0. The molecule has 0 aliphatic carbocycles. The minimum atomic E-state index is -0.428. The van der Waals surface area contributed by atoms with E-state index in [0.29, 0.717) is 22.5 Å². The van der Waals surface area contributed by atoms with E-state index in [2.05, 4.69) is 20.5 Å². The summed E-state index contributed by atoms with van der Waals surface area (Å²) in [5, 5.41) is 9.70. The van der Waals surface area contributed by atoms with E-state index in [9.17, 15) is 9.59 Å². The molecule has 2 aromatic rings. The van der Waals surface area contributed by atoms with Crippen LogP contribution in [0.2, 0.25) is 5.02 Å². The van der Waals surface area contributed by atoms with Crippen LogP contribution in [-0.2, 0) is 11.3 Å². The van der Waals surface area contributed by atoms with Gasteiger partial charge >= 0.3 is 5.69 Å². The molecule has 0 saturated heterocycles. The van der Waals surface area contributed by atoms with Gasteiger partial charge in [0.25, 0.3) is 0 Å². The molecule has 0 saturated carbocycles. The van der Waals surface area contributed by atoms with Gasteiger partial charge in [0, 0.05) is 12.7 Å². The van der Waals surface area contributed by atoms with Crippen molar-refractivity contribution in [3.63, 3.8) is 0 Å². The van der Waals surface area contributed by atoms with E-state index in [-0.39, 0.29) is 11.6 Å². The number of amides is 1. The molecule has 0 spiro atoms. The molecule has 1 amide bonds. The maximum absolute atomic E-state index is 12.2. The highest BCUT2D eigenvalue weighted by atomic mass is 35.5. The summed E-state index contributed by atoms with van der Waals surface area (Å²) in [6.45, 7) is 4.38. The second kappa shape index (κ2) is 8.16. The molecule has 1 unspecified atom stereocenters. The molecule has 23 heavy (non-hydrogen) atoms. The van der Waals surface area contributed by atoms with Crippen LogP contribution >= 0.6 is 23.4 Å². The monoisotopic (exact) mass is 355 g/mol. The molecule has 9 heteroatoms. The minimum absolute atomic E-state index is 0.220. The molecule has 7 nitrogen and oxygen atoms in total. The number of nitrogens with one attached hydrogen (secondary N) is 2. The van der Waals surface area contributed by atoms with Gasteiger partial charge in [0.1, 0.15) is 5.82 Å². The third-order valence-electron chi connectivity index (χ3n) is 3.09. The van der Waals surface area contributed by atoms with Crippen LogP contribution in [0.5, 0.6) is 0 Å². The van der Waals surface area contributed by atoms with Gasteiger partial charge < -0.3 is 5.32 Å². The molecule has 0 aliphatic rings. The topological polar surface area (TPSA) is 92.7 Å². The van der Waals surface area contributed by atoms with E-state index >= 15 is 0 Å². The highest BCUT2D eigenvalue weighted by Gasteiger charge is 2.19. The molecule has 124 valence electrons. The van der Waals surface area contributed by atoms with Gasteiger partial charge in [-0.05, 0) is 25.5 Å². The van der Waals surface area contributed by atoms with Gasteiger partial charge in [0.05, 0.1) is 10.3 Å². The Kier molecular flexibility index (Phi) is 6.23. The molecule has 0 fully saturated rings. The lowest BCUT2D eigenvalue weighted by molar-refractivity contribution is -0.115. The first-order valence-electron chi connectivity index (χ1n) is 7.25. The molecule has 0 aliphatic heterocycles. The second-order valence-corrected chi connectivity index (χ2v) is 6.67. The Bertz CT molecular complexity index is 713. The predicted octanol–water partition coefficient (Wildman–Crippen LogP) is 2.54. The number of carbonyl (C=O) groups excluding carboxylic acids is 1. The number of halogens is 1. The number of unbranched alkanes of at least 4 members (excludes halogenated alkanes) is 1.